The van der Waals surface area contributed by atoms with Crippen molar-refractivity contribution in [3.05, 3.63) is 0 Å². The van der Waals surface area contributed by atoms with Crippen LogP contribution in [0.5, 0.6) is 0 Å². The molecule has 0 aliphatic carbocycles. The predicted octanol–water partition coefficient (Wildman–Crippen LogP) is 1.87. The van der Waals surface area contributed by atoms with Crippen molar-refractivity contribution in [1.29, 1.82) is 0 Å². The Morgan fingerprint density at radius 3 is 2.70 bits per heavy atom. The molecule has 1 nitrogen and oxygen atoms in total. The van der Waals surface area contributed by atoms with Crippen LogP contribution < -0.4 is 0 Å². The van der Waals surface area contributed by atoms with Crippen molar-refractivity contribution >= 4 is 23.5 Å². The molecular formula is C7H14OS2. The summed E-state index contributed by atoms with van der Waals surface area (Å²) in [6.45, 7) is 3.22. The van der Waals surface area contributed by atoms with E-state index < -0.39 is 0 Å². The van der Waals surface area contributed by atoms with Crippen molar-refractivity contribution in [1.82, 2.24) is 0 Å². The first-order chi connectivity index (χ1) is 4.93. The van der Waals surface area contributed by atoms with E-state index in [1.807, 2.05) is 23.5 Å². The third-order valence-corrected chi connectivity index (χ3v) is 3.54. The van der Waals surface area contributed by atoms with Crippen LogP contribution in [-0.4, -0.2) is 35.7 Å². The molecule has 10 heavy (non-hydrogen) atoms. The van der Waals surface area contributed by atoms with Gasteiger partial charge in [-0.25, -0.2) is 0 Å². The zero-order valence-corrected chi connectivity index (χ0v) is 7.97. The maximum atomic E-state index is 5.09. The standard InChI is InChI=1S/C7H14OS2/c1-2-9-3-4-10-6-7-5-8-7/h7H,2-6H2,1H3. The average molecular weight is 178 g/mol. The fraction of sp³-hybridized carbons (Fsp3) is 1.00. The monoisotopic (exact) mass is 178 g/mol. The fourth-order valence-corrected chi connectivity index (χ4v) is 2.49. The second-order valence-electron chi connectivity index (χ2n) is 2.23. The summed E-state index contributed by atoms with van der Waals surface area (Å²) in [6, 6.07) is 0. The van der Waals surface area contributed by atoms with E-state index in [0.29, 0.717) is 6.10 Å². The molecule has 1 aliphatic heterocycles. The molecule has 0 aromatic rings. The highest BCUT2D eigenvalue weighted by molar-refractivity contribution is 8.02. The number of hydrogen-bond acceptors (Lipinski definition) is 3. The lowest BCUT2D eigenvalue weighted by Crippen LogP contribution is -1.92. The van der Waals surface area contributed by atoms with Gasteiger partial charge >= 0.3 is 0 Å². The molecule has 1 heterocycles. The van der Waals surface area contributed by atoms with Crippen molar-refractivity contribution in [2.75, 3.05) is 29.6 Å². The van der Waals surface area contributed by atoms with Gasteiger partial charge in [-0.3, -0.25) is 0 Å². The van der Waals surface area contributed by atoms with Gasteiger partial charge < -0.3 is 4.74 Å². The lowest BCUT2D eigenvalue weighted by atomic mass is 10.6. The van der Waals surface area contributed by atoms with Crippen molar-refractivity contribution in [2.24, 2.45) is 0 Å². The van der Waals surface area contributed by atoms with Gasteiger partial charge in [-0.05, 0) is 5.75 Å². The zero-order chi connectivity index (χ0) is 7.23. The summed E-state index contributed by atoms with van der Waals surface area (Å²) in [5.41, 5.74) is 0. The Morgan fingerprint density at radius 2 is 2.10 bits per heavy atom. The van der Waals surface area contributed by atoms with Crippen molar-refractivity contribution < 1.29 is 4.74 Å². The van der Waals surface area contributed by atoms with Gasteiger partial charge in [0.1, 0.15) is 0 Å². The number of thioether (sulfide) groups is 2. The maximum absolute atomic E-state index is 5.09. The number of ether oxygens (including phenoxy) is 1. The molecule has 0 spiro atoms. The first-order valence-corrected chi connectivity index (χ1v) is 6.01. The molecule has 60 valence electrons. The van der Waals surface area contributed by atoms with E-state index in [9.17, 15) is 0 Å². The van der Waals surface area contributed by atoms with Crippen LogP contribution >= 0.6 is 23.5 Å². The molecule has 0 aromatic heterocycles. The molecular weight excluding hydrogens is 164 g/mol. The van der Waals surface area contributed by atoms with Crippen LogP contribution in [0.4, 0.5) is 0 Å². The molecule has 0 bridgehead atoms. The van der Waals surface area contributed by atoms with Crippen LogP contribution in [0, 0.1) is 0 Å². The molecule has 1 atom stereocenters. The molecule has 1 aliphatic rings. The van der Waals surface area contributed by atoms with Crippen LogP contribution in [-0.2, 0) is 4.74 Å². The molecule has 1 rings (SSSR count). The normalized spacial score (nSPS) is 23.1. The highest BCUT2D eigenvalue weighted by Gasteiger charge is 2.21. The molecule has 1 saturated heterocycles. The number of rotatable bonds is 6. The van der Waals surface area contributed by atoms with Gasteiger partial charge in [-0.1, -0.05) is 6.92 Å². The van der Waals surface area contributed by atoms with E-state index in [4.69, 9.17) is 4.74 Å². The van der Waals surface area contributed by atoms with Gasteiger partial charge in [0.25, 0.3) is 0 Å². The van der Waals surface area contributed by atoms with Gasteiger partial charge in [-0.2, -0.15) is 23.5 Å². The SMILES string of the molecule is CCSCCSCC1CO1. The predicted molar refractivity (Wildman–Crippen MR) is 50.1 cm³/mol. The Hall–Kier alpha value is 0.660. The third kappa shape index (κ3) is 4.47. The van der Waals surface area contributed by atoms with Crippen molar-refractivity contribution in [3.63, 3.8) is 0 Å². The molecule has 0 aromatic carbocycles. The van der Waals surface area contributed by atoms with Crippen LogP contribution in [0.1, 0.15) is 6.92 Å². The Morgan fingerprint density at radius 1 is 1.40 bits per heavy atom. The summed E-state index contributed by atoms with van der Waals surface area (Å²) in [7, 11) is 0. The quantitative estimate of drug-likeness (QED) is 0.455. The molecule has 0 saturated carbocycles. The minimum Gasteiger partial charge on any atom is -0.372 e. The summed E-state index contributed by atoms with van der Waals surface area (Å²) in [6.07, 6.45) is 0.608. The number of epoxide rings is 1. The van der Waals surface area contributed by atoms with Gasteiger partial charge in [0.15, 0.2) is 0 Å². The zero-order valence-electron chi connectivity index (χ0n) is 6.34. The smallest absolute Gasteiger partial charge is 0.0900 e. The molecule has 1 fully saturated rings. The molecule has 3 heteroatoms. The summed E-state index contributed by atoms with van der Waals surface area (Å²) in [5.74, 6) is 5.05. The molecule has 0 amide bonds. The lowest BCUT2D eigenvalue weighted by Gasteiger charge is -1.96. The molecule has 0 N–H and O–H groups in total. The minimum absolute atomic E-state index is 0.608. The Balaban J connectivity index is 1.68. The van der Waals surface area contributed by atoms with Crippen LogP contribution in [0.3, 0.4) is 0 Å². The van der Waals surface area contributed by atoms with Gasteiger partial charge in [0, 0.05) is 17.3 Å². The second kappa shape index (κ2) is 5.33. The summed E-state index contributed by atoms with van der Waals surface area (Å²) >= 11 is 4.04. The third-order valence-electron chi connectivity index (χ3n) is 1.28. The lowest BCUT2D eigenvalue weighted by molar-refractivity contribution is 0.426. The van der Waals surface area contributed by atoms with Crippen LogP contribution in [0.25, 0.3) is 0 Å². The second-order valence-corrected chi connectivity index (χ2v) is 4.77. The summed E-state index contributed by atoms with van der Waals surface area (Å²) < 4.78 is 5.09. The van der Waals surface area contributed by atoms with E-state index in [0.717, 1.165) is 6.61 Å². The van der Waals surface area contributed by atoms with Crippen LogP contribution in [0.15, 0.2) is 0 Å². The largest absolute Gasteiger partial charge is 0.372 e. The molecule has 1 unspecified atom stereocenters. The van der Waals surface area contributed by atoms with Gasteiger partial charge in [-0.15, -0.1) is 0 Å². The highest BCUT2D eigenvalue weighted by atomic mass is 32.2. The van der Waals surface area contributed by atoms with Gasteiger partial charge in [0.05, 0.1) is 12.7 Å². The van der Waals surface area contributed by atoms with Crippen molar-refractivity contribution in [2.45, 2.75) is 13.0 Å². The first-order valence-electron chi connectivity index (χ1n) is 3.70. The Labute approximate surface area is 71.3 Å². The summed E-state index contributed by atoms with van der Waals surface area (Å²) in [4.78, 5) is 0. The molecule has 0 radical (unpaired) electrons. The number of hydrogen-bond donors (Lipinski definition) is 0. The summed E-state index contributed by atoms with van der Waals surface area (Å²) in [5, 5.41) is 0. The minimum atomic E-state index is 0.608. The average Bonchev–Trinajstić information content (AvgIpc) is 2.71. The highest BCUT2D eigenvalue weighted by Crippen LogP contribution is 2.16. The van der Waals surface area contributed by atoms with Gasteiger partial charge in [0.2, 0.25) is 0 Å². The van der Waals surface area contributed by atoms with E-state index in [2.05, 4.69) is 6.92 Å². The van der Waals surface area contributed by atoms with E-state index >= 15 is 0 Å². The Kier molecular flexibility index (Phi) is 4.66. The van der Waals surface area contributed by atoms with Crippen LogP contribution in [0.2, 0.25) is 0 Å². The first kappa shape index (κ1) is 8.75. The van der Waals surface area contributed by atoms with E-state index in [-0.39, 0.29) is 0 Å². The maximum Gasteiger partial charge on any atom is 0.0900 e. The fourth-order valence-electron chi connectivity index (χ4n) is 0.641. The topological polar surface area (TPSA) is 12.5 Å². The Bertz CT molecular complexity index is 83.7. The van der Waals surface area contributed by atoms with Crippen molar-refractivity contribution in [3.8, 4) is 0 Å². The van der Waals surface area contributed by atoms with E-state index in [1.165, 1.54) is 23.0 Å². The van der Waals surface area contributed by atoms with E-state index in [1.54, 1.807) is 0 Å².